The molecule has 0 aliphatic rings. The number of nitrogens with zero attached hydrogens (tertiary/aromatic N) is 5. The Hall–Kier alpha value is -4.61. The van der Waals surface area contributed by atoms with Crippen molar-refractivity contribution < 1.29 is 67.8 Å². The lowest BCUT2D eigenvalue weighted by Crippen LogP contribution is -2.33. The van der Waals surface area contributed by atoms with Gasteiger partial charge in [-0.3, -0.25) is 0 Å². The second-order valence-electron chi connectivity index (χ2n) is 14.2. The maximum Gasteiger partial charge on any atom is 0.231 e. The third-order valence-electron chi connectivity index (χ3n) is 9.29. The minimum absolute atomic E-state index is 0.0369. The highest BCUT2D eigenvalue weighted by Crippen LogP contribution is 2.28. The lowest BCUT2D eigenvalue weighted by Gasteiger charge is -2.28. The summed E-state index contributed by atoms with van der Waals surface area (Å²) in [5, 5.41) is 36.1. The zero-order valence-corrected chi connectivity index (χ0v) is 38.0. The summed E-state index contributed by atoms with van der Waals surface area (Å²) in [4.78, 5) is 19.4. The molecule has 4 aromatic rings. The molecule has 1 heterocycles. The maximum atomic E-state index is 9.13. The van der Waals surface area contributed by atoms with Gasteiger partial charge >= 0.3 is 0 Å². The van der Waals surface area contributed by atoms with Gasteiger partial charge in [0, 0.05) is 42.9 Å². The van der Waals surface area contributed by atoms with Crippen molar-refractivity contribution >= 4 is 11.9 Å². The average Bonchev–Trinajstić information content (AvgIpc) is 3.35. The first-order chi connectivity index (χ1) is 32.7. The molecular formula is C47H69N5O14. The summed E-state index contributed by atoms with van der Waals surface area (Å²) < 4.78 is 57.2. The fourth-order valence-corrected chi connectivity index (χ4v) is 6.13. The Morgan fingerprint density at radius 3 is 1.08 bits per heavy atom. The average molecular weight is 928 g/mol. The van der Waals surface area contributed by atoms with E-state index < -0.39 is 0 Å². The van der Waals surface area contributed by atoms with Gasteiger partial charge in [-0.15, -0.1) is 0 Å². The summed E-state index contributed by atoms with van der Waals surface area (Å²) in [5.74, 6) is 2.65. The van der Waals surface area contributed by atoms with Crippen molar-refractivity contribution in [2.75, 3.05) is 168 Å². The van der Waals surface area contributed by atoms with Crippen molar-refractivity contribution in [3.05, 3.63) is 90.0 Å². The first-order valence-corrected chi connectivity index (χ1v) is 22.4. The van der Waals surface area contributed by atoms with E-state index in [1.807, 2.05) is 88.7 Å². The quantitative estimate of drug-likeness (QED) is 0.0470. The van der Waals surface area contributed by atoms with Crippen molar-refractivity contribution in [2.45, 2.75) is 13.1 Å². The molecule has 19 nitrogen and oxygen atoms in total. The van der Waals surface area contributed by atoms with Crippen LogP contribution in [0.1, 0.15) is 11.1 Å². The van der Waals surface area contributed by atoms with E-state index in [1.165, 1.54) is 0 Å². The van der Waals surface area contributed by atoms with Crippen LogP contribution in [0.3, 0.4) is 0 Å². The third kappa shape index (κ3) is 22.3. The van der Waals surface area contributed by atoms with E-state index in [0.717, 1.165) is 16.7 Å². The van der Waals surface area contributed by atoms with Crippen LogP contribution in [-0.4, -0.2) is 194 Å². The van der Waals surface area contributed by atoms with Crippen LogP contribution in [0, 0.1) is 0 Å². The van der Waals surface area contributed by atoms with Crippen LogP contribution in [0.15, 0.2) is 78.9 Å². The highest BCUT2D eigenvalue weighted by Gasteiger charge is 2.21. The Bertz CT molecular complexity index is 1700. The van der Waals surface area contributed by atoms with Crippen molar-refractivity contribution in [2.24, 2.45) is 0 Å². The molecule has 4 N–H and O–H groups in total. The van der Waals surface area contributed by atoms with E-state index in [-0.39, 0.29) is 52.9 Å². The third-order valence-corrected chi connectivity index (χ3v) is 9.29. The number of aliphatic hydroxyl groups is 4. The molecule has 19 heteroatoms. The number of aliphatic hydroxyl groups excluding tert-OH is 4. The summed E-state index contributed by atoms with van der Waals surface area (Å²) in [6.07, 6.45) is 0. The largest absolute Gasteiger partial charge is 0.491 e. The number of hydrogen-bond acceptors (Lipinski definition) is 19. The van der Waals surface area contributed by atoms with Gasteiger partial charge in [-0.05, 0) is 12.1 Å². The maximum absolute atomic E-state index is 9.13. The van der Waals surface area contributed by atoms with Gasteiger partial charge in [0.1, 0.15) is 24.7 Å². The molecule has 0 amide bonds. The molecule has 0 aliphatic heterocycles. The van der Waals surface area contributed by atoms with Crippen molar-refractivity contribution in [3.8, 4) is 22.9 Å². The van der Waals surface area contributed by atoms with Crippen LogP contribution >= 0.6 is 0 Å². The molecule has 66 heavy (non-hydrogen) atoms. The van der Waals surface area contributed by atoms with Gasteiger partial charge in [0.2, 0.25) is 11.9 Å². The van der Waals surface area contributed by atoms with E-state index in [2.05, 4.69) is 0 Å². The van der Waals surface area contributed by atoms with Crippen LogP contribution < -0.4 is 19.3 Å². The summed E-state index contributed by atoms with van der Waals surface area (Å²) in [7, 11) is 0. The first-order valence-electron chi connectivity index (χ1n) is 22.4. The number of aromatic nitrogens is 3. The number of hydrogen-bond donors (Lipinski definition) is 4. The molecule has 3 aromatic carbocycles. The number of ether oxygens (including phenoxy) is 10. The summed E-state index contributed by atoms with van der Waals surface area (Å²) in [6.45, 7) is 7.13. The second kappa shape index (κ2) is 35.6. The van der Waals surface area contributed by atoms with Gasteiger partial charge in [-0.25, -0.2) is 0 Å². The molecular weight excluding hydrogens is 859 g/mol. The molecule has 0 saturated heterocycles. The SMILES string of the molecule is OCCOCCOCCOc1ccccc1CN(CCOCCOCCO)c1nc(-c2ccccc2)nc(N(CCOCCOCCO)Cc2ccccc2OCCOCCOCCO)n1. The van der Waals surface area contributed by atoms with E-state index in [1.54, 1.807) is 0 Å². The number of anilines is 2. The van der Waals surface area contributed by atoms with Crippen LogP contribution in [0.25, 0.3) is 11.4 Å². The number of para-hydroxylation sites is 2. The molecule has 1 aromatic heterocycles. The monoisotopic (exact) mass is 927 g/mol. The Morgan fingerprint density at radius 1 is 0.348 bits per heavy atom. The summed E-state index contributed by atoms with van der Waals surface area (Å²) in [6, 6.07) is 25.3. The molecule has 0 atom stereocenters. The van der Waals surface area contributed by atoms with Gasteiger partial charge in [-0.1, -0.05) is 66.7 Å². The molecule has 4 rings (SSSR count). The van der Waals surface area contributed by atoms with Gasteiger partial charge in [0.15, 0.2) is 5.82 Å². The van der Waals surface area contributed by atoms with Crippen LogP contribution in [-0.2, 0) is 51.0 Å². The topological polar surface area (TPSA) is 218 Å². The van der Waals surface area contributed by atoms with E-state index >= 15 is 0 Å². The molecule has 0 aliphatic carbocycles. The van der Waals surface area contributed by atoms with Crippen molar-refractivity contribution in [1.82, 2.24) is 15.0 Å². The van der Waals surface area contributed by atoms with E-state index in [0.29, 0.717) is 148 Å². The predicted octanol–water partition coefficient (Wildman–Crippen LogP) is 2.41. The smallest absolute Gasteiger partial charge is 0.231 e. The highest BCUT2D eigenvalue weighted by molar-refractivity contribution is 5.59. The van der Waals surface area contributed by atoms with Crippen LogP contribution in [0.4, 0.5) is 11.9 Å². The molecule has 366 valence electrons. The second-order valence-corrected chi connectivity index (χ2v) is 14.2. The van der Waals surface area contributed by atoms with E-state index in [9.17, 15) is 0 Å². The molecule has 0 unspecified atom stereocenters. The lowest BCUT2D eigenvalue weighted by atomic mass is 10.2. The highest BCUT2D eigenvalue weighted by atomic mass is 16.6. The van der Waals surface area contributed by atoms with Crippen molar-refractivity contribution in [1.29, 1.82) is 0 Å². The van der Waals surface area contributed by atoms with Gasteiger partial charge in [-0.2, -0.15) is 15.0 Å². The zero-order chi connectivity index (χ0) is 46.5. The minimum Gasteiger partial charge on any atom is -0.491 e. The normalized spacial score (nSPS) is 11.3. The fraction of sp³-hybridized carbons (Fsp3) is 0.553. The molecule has 0 bridgehead atoms. The summed E-state index contributed by atoms with van der Waals surface area (Å²) in [5.41, 5.74) is 2.58. The zero-order valence-electron chi connectivity index (χ0n) is 38.0. The first kappa shape index (κ1) is 54.0. The minimum atomic E-state index is -0.0644. The van der Waals surface area contributed by atoms with Crippen LogP contribution in [0.5, 0.6) is 11.5 Å². The van der Waals surface area contributed by atoms with E-state index in [4.69, 9.17) is 82.7 Å². The Morgan fingerprint density at radius 2 is 0.682 bits per heavy atom. The standard InChI is InChI=1S/C47H69N5O14/c53-16-22-59-28-26-57-20-14-51(38-41-10-4-6-12-43(41)65-36-34-63-32-30-61-24-18-55)46-48-45(40-8-2-1-3-9-40)49-47(50-46)52(15-21-58-27-29-60-23-17-54)39-42-11-5-7-13-44(42)66-37-35-64-33-31-62-25-19-56/h1-13,53-56H,14-39H2. The Labute approximate surface area is 388 Å². The predicted molar refractivity (Wildman–Crippen MR) is 246 cm³/mol. The van der Waals surface area contributed by atoms with Gasteiger partial charge < -0.3 is 77.6 Å². The lowest BCUT2D eigenvalue weighted by molar-refractivity contribution is 0.0246. The molecule has 0 saturated carbocycles. The summed E-state index contributed by atoms with van der Waals surface area (Å²) >= 11 is 0. The van der Waals surface area contributed by atoms with Gasteiger partial charge in [0.25, 0.3) is 0 Å². The number of benzene rings is 3. The molecule has 0 fully saturated rings. The molecule has 0 radical (unpaired) electrons. The van der Waals surface area contributed by atoms with Crippen molar-refractivity contribution in [3.63, 3.8) is 0 Å². The fourth-order valence-electron chi connectivity index (χ4n) is 6.13. The van der Waals surface area contributed by atoms with Gasteiger partial charge in [0.05, 0.1) is 132 Å². The Kier molecular flexibility index (Phi) is 29.1. The number of rotatable bonds is 41. The Balaban J connectivity index is 1.65. The molecule has 0 spiro atoms. The van der Waals surface area contributed by atoms with Crippen LogP contribution in [0.2, 0.25) is 0 Å².